The molecule has 0 aliphatic heterocycles. The second-order valence-electron chi connectivity index (χ2n) is 4.91. The molecule has 2 saturated carbocycles. The number of carbonyl (C=O) groups excluding carboxylic acids is 1. The van der Waals surface area contributed by atoms with Crippen LogP contribution in [-0.2, 0) is 24.2 Å². The summed E-state index contributed by atoms with van der Waals surface area (Å²) in [5, 5.41) is 20.8. The van der Waals surface area contributed by atoms with Crippen LogP contribution >= 0.6 is 0 Å². The van der Waals surface area contributed by atoms with Gasteiger partial charge in [-0.15, -0.1) is 0 Å². The van der Waals surface area contributed by atoms with Gasteiger partial charge in [-0.05, 0) is 39.0 Å². The zero-order valence-electron chi connectivity index (χ0n) is 10.3. The van der Waals surface area contributed by atoms with Gasteiger partial charge in [-0.2, -0.15) is 0 Å². The Balaban J connectivity index is 2.03. The van der Waals surface area contributed by atoms with Gasteiger partial charge in [-0.3, -0.25) is 0 Å². The van der Waals surface area contributed by atoms with Gasteiger partial charge in [0.1, 0.15) is 6.10 Å². The summed E-state index contributed by atoms with van der Waals surface area (Å²) >= 11 is 0. The van der Waals surface area contributed by atoms with Gasteiger partial charge in [0.25, 0.3) is 0 Å². The Hall–Kier alpha value is -1.14. The number of aliphatic carboxylic acids is 1. The molecule has 1 radical (unpaired) electrons. The van der Waals surface area contributed by atoms with Crippen molar-refractivity contribution in [3.05, 3.63) is 0 Å². The SMILES string of the molecule is CCOC(=O)C1(OC2CCC2([O])C(=O)O)CCC1. The lowest BCUT2D eigenvalue weighted by molar-refractivity contribution is -0.262. The minimum Gasteiger partial charge on any atom is -0.479 e. The molecule has 0 heterocycles. The second kappa shape index (κ2) is 4.51. The summed E-state index contributed by atoms with van der Waals surface area (Å²) in [6.07, 6.45) is 1.32. The van der Waals surface area contributed by atoms with Crippen molar-refractivity contribution in [3.8, 4) is 0 Å². The van der Waals surface area contributed by atoms with Crippen molar-refractivity contribution in [2.24, 2.45) is 0 Å². The average Bonchev–Trinajstić information content (AvgIpc) is 2.25. The molecule has 0 spiro atoms. The molecule has 2 fully saturated rings. The van der Waals surface area contributed by atoms with Crippen LogP contribution in [0, 0.1) is 0 Å². The molecule has 0 saturated heterocycles. The van der Waals surface area contributed by atoms with Gasteiger partial charge in [0, 0.05) is 0 Å². The maximum Gasteiger partial charge on any atom is 0.342 e. The molecule has 2 rings (SSSR count). The summed E-state index contributed by atoms with van der Waals surface area (Å²) in [6.45, 7) is 1.94. The average molecular weight is 257 g/mol. The summed E-state index contributed by atoms with van der Waals surface area (Å²) in [5.41, 5.74) is -3.18. The second-order valence-corrected chi connectivity index (χ2v) is 4.91. The highest BCUT2D eigenvalue weighted by molar-refractivity contribution is 5.82. The van der Waals surface area contributed by atoms with Gasteiger partial charge < -0.3 is 14.6 Å². The van der Waals surface area contributed by atoms with Gasteiger partial charge in [0.15, 0.2) is 5.60 Å². The van der Waals surface area contributed by atoms with Crippen molar-refractivity contribution in [2.75, 3.05) is 6.61 Å². The highest BCUT2D eigenvalue weighted by Gasteiger charge is 2.60. The molecule has 2 aliphatic carbocycles. The Morgan fingerprint density at radius 2 is 2.00 bits per heavy atom. The van der Waals surface area contributed by atoms with Crippen LogP contribution in [-0.4, -0.2) is 41.0 Å². The Labute approximate surface area is 105 Å². The van der Waals surface area contributed by atoms with Crippen molar-refractivity contribution in [3.63, 3.8) is 0 Å². The van der Waals surface area contributed by atoms with E-state index in [1.807, 2.05) is 0 Å². The summed E-state index contributed by atoms with van der Waals surface area (Å²) < 4.78 is 10.5. The van der Waals surface area contributed by atoms with Crippen LogP contribution in [0.1, 0.15) is 39.0 Å². The van der Waals surface area contributed by atoms with Crippen molar-refractivity contribution in [2.45, 2.75) is 56.3 Å². The molecule has 1 N–H and O–H groups in total. The molecule has 18 heavy (non-hydrogen) atoms. The van der Waals surface area contributed by atoms with Crippen LogP contribution in [0.25, 0.3) is 0 Å². The standard InChI is InChI=1S/C12H17O6/c1-2-17-10(15)11(5-3-6-11)18-8-4-7-12(8,16)9(13)14/h8H,2-7H2,1H3,(H,13,14). The van der Waals surface area contributed by atoms with E-state index in [9.17, 15) is 14.7 Å². The van der Waals surface area contributed by atoms with Crippen molar-refractivity contribution in [1.29, 1.82) is 0 Å². The molecule has 6 heteroatoms. The van der Waals surface area contributed by atoms with Crippen molar-refractivity contribution >= 4 is 11.9 Å². The van der Waals surface area contributed by atoms with Gasteiger partial charge in [-0.25, -0.2) is 14.7 Å². The fourth-order valence-corrected chi connectivity index (χ4v) is 2.33. The third-order valence-electron chi connectivity index (χ3n) is 3.84. The third kappa shape index (κ3) is 1.89. The van der Waals surface area contributed by atoms with E-state index in [1.54, 1.807) is 6.92 Å². The van der Waals surface area contributed by atoms with E-state index in [2.05, 4.69) is 0 Å². The summed E-state index contributed by atoms with van der Waals surface area (Å²) in [6, 6.07) is 0. The van der Waals surface area contributed by atoms with Crippen molar-refractivity contribution in [1.82, 2.24) is 0 Å². The van der Waals surface area contributed by atoms with Crippen LogP contribution in [0.3, 0.4) is 0 Å². The van der Waals surface area contributed by atoms with Gasteiger partial charge in [0.05, 0.1) is 6.61 Å². The largest absolute Gasteiger partial charge is 0.479 e. The van der Waals surface area contributed by atoms with Crippen molar-refractivity contribution < 1.29 is 29.3 Å². The predicted octanol–water partition coefficient (Wildman–Crippen LogP) is 0.905. The fraction of sp³-hybridized carbons (Fsp3) is 0.833. The topological polar surface area (TPSA) is 92.7 Å². The molecule has 0 aromatic carbocycles. The molecule has 2 unspecified atom stereocenters. The quantitative estimate of drug-likeness (QED) is 0.739. The van der Waals surface area contributed by atoms with E-state index < -0.39 is 29.2 Å². The maximum absolute atomic E-state index is 11.9. The van der Waals surface area contributed by atoms with E-state index in [-0.39, 0.29) is 13.0 Å². The number of esters is 1. The fourth-order valence-electron chi connectivity index (χ4n) is 2.33. The minimum absolute atomic E-state index is 0.0475. The Morgan fingerprint density at radius 1 is 1.33 bits per heavy atom. The normalized spacial score (nSPS) is 33.1. The molecule has 0 amide bonds. The zero-order chi connectivity index (χ0) is 13.4. The number of hydrogen-bond donors (Lipinski definition) is 1. The Morgan fingerprint density at radius 3 is 2.33 bits per heavy atom. The Kier molecular flexibility index (Phi) is 3.33. The highest BCUT2D eigenvalue weighted by atomic mass is 16.6. The summed E-state index contributed by atoms with van der Waals surface area (Å²) in [5.74, 6) is -1.88. The van der Waals surface area contributed by atoms with Gasteiger partial charge >= 0.3 is 11.9 Å². The Bertz CT molecular complexity index is 362. The van der Waals surface area contributed by atoms with E-state index in [1.165, 1.54) is 0 Å². The maximum atomic E-state index is 11.9. The highest BCUT2D eigenvalue weighted by Crippen LogP contribution is 2.44. The number of carboxylic acid groups (broad SMARTS) is 1. The molecular formula is C12H17O6. The van der Waals surface area contributed by atoms with Crippen LogP contribution < -0.4 is 0 Å². The molecule has 0 bridgehead atoms. The summed E-state index contributed by atoms with van der Waals surface area (Å²) in [7, 11) is 0. The molecular weight excluding hydrogens is 240 g/mol. The monoisotopic (exact) mass is 257 g/mol. The van der Waals surface area contributed by atoms with E-state index >= 15 is 0 Å². The van der Waals surface area contributed by atoms with Crippen LogP contribution in [0.15, 0.2) is 0 Å². The lowest BCUT2D eigenvalue weighted by atomic mass is 9.74. The van der Waals surface area contributed by atoms with Gasteiger partial charge in [0.2, 0.25) is 5.60 Å². The lowest BCUT2D eigenvalue weighted by Crippen LogP contribution is -2.63. The first kappa shape index (κ1) is 13.3. The summed E-state index contributed by atoms with van der Waals surface area (Å²) in [4.78, 5) is 22.7. The first-order valence-corrected chi connectivity index (χ1v) is 6.23. The molecule has 6 nitrogen and oxygen atoms in total. The number of hydrogen-bond acceptors (Lipinski definition) is 4. The predicted molar refractivity (Wildman–Crippen MR) is 58.4 cm³/mol. The number of ether oxygens (including phenoxy) is 2. The first-order chi connectivity index (χ1) is 8.44. The third-order valence-corrected chi connectivity index (χ3v) is 3.84. The lowest BCUT2D eigenvalue weighted by Gasteiger charge is -2.47. The van der Waals surface area contributed by atoms with Crippen LogP contribution in [0.4, 0.5) is 0 Å². The van der Waals surface area contributed by atoms with E-state index in [4.69, 9.17) is 14.6 Å². The minimum atomic E-state index is -2.10. The number of carboxylic acids is 1. The molecule has 2 aliphatic rings. The first-order valence-electron chi connectivity index (χ1n) is 6.23. The smallest absolute Gasteiger partial charge is 0.342 e. The van der Waals surface area contributed by atoms with Crippen LogP contribution in [0.2, 0.25) is 0 Å². The van der Waals surface area contributed by atoms with E-state index in [0.29, 0.717) is 19.3 Å². The van der Waals surface area contributed by atoms with E-state index in [0.717, 1.165) is 6.42 Å². The van der Waals surface area contributed by atoms with Gasteiger partial charge in [-0.1, -0.05) is 0 Å². The number of rotatable bonds is 5. The van der Waals surface area contributed by atoms with Crippen LogP contribution in [0.5, 0.6) is 0 Å². The molecule has 0 aromatic rings. The molecule has 0 aromatic heterocycles. The number of carbonyl (C=O) groups is 2. The molecule has 2 atom stereocenters. The molecule has 101 valence electrons. The zero-order valence-corrected chi connectivity index (χ0v) is 10.3.